The Hall–Kier alpha value is -1.83. The molecule has 0 bridgehead atoms. The molecule has 2 nitrogen and oxygen atoms in total. The van der Waals surface area contributed by atoms with Crippen molar-refractivity contribution in [2.45, 2.75) is 112 Å². The first-order valence-electron chi connectivity index (χ1n) is 15.3. The van der Waals surface area contributed by atoms with E-state index in [0.29, 0.717) is 22.8 Å². The predicted octanol–water partition coefficient (Wildman–Crippen LogP) is 9.56. The van der Waals surface area contributed by atoms with Crippen molar-refractivity contribution in [1.29, 1.82) is 0 Å². The molecule has 1 aromatic carbocycles. The lowest BCUT2D eigenvalue weighted by Gasteiger charge is -2.57. The van der Waals surface area contributed by atoms with E-state index in [-0.39, 0.29) is 17.5 Å². The number of carbonyl (C=O) groups is 1. The van der Waals surface area contributed by atoms with Crippen molar-refractivity contribution in [1.82, 2.24) is 0 Å². The molecule has 0 aromatic heterocycles. The molecule has 8 atom stereocenters. The van der Waals surface area contributed by atoms with E-state index in [1.165, 1.54) is 63.4 Å². The van der Waals surface area contributed by atoms with Crippen molar-refractivity contribution in [3.63, 3.8) is 0 Å². The van der Waals surface area contributed by atoms with Crippen LogP contribution in [0.15, 0.2) is 53.1 Å². The van der Waals surface area contributed by atoms with E-state index >= 15 is 0 Å². The molecular weight excluding hydrogens is 452 g/mol. The number of benzene rings is 1. The van der Waals surface area contributed by atoms with Crippen molar-refractivity contribution in [2.75, 3.05) is 0 Å². The third-order valence-corrected chi connectivity index (χ3v) is 11.7. The maximum absolute atomic E-state index is 12.8. The number of carbonyl (C=O) groups excluding carboxylic acids is 1. The van der Waals surface area contributed by atoms with Crippen LogP contribution in [0.4, 0.5) is 0 Å². The van der Waals surface area contributed by atoms with Gasteiger partial charge in [-0.15, -0.1) is 0 Å². The molecule has 0 aliphatic heterocycles. The maximum Gasteiger partial charge on any atom is 0.338 e. The van der Waals surface area contributed by atoms with Gasteiger partial charge in [0.1, 0.15) is 6.10 Å². The van der Waals surface area contributed by atoms with Crippen LogP contribution in [-0.2, 0) is 4.74 Å². The highest BCUT2D eigenvalue weighted by Gasteiger charge is 2.57. The van der Waals surface area contributed by atoms with E-state index < -0.39 is 0 Å². The zero-order valence-corrected chi connectivity index (χ0v) is 24.3. The monoisotopic (exact) mass is 502 g/mol. The highest BCUT2D eigenvalue weighted by Crippen LogP contribution is 2.66. The first kappa shape index (κ1) is 26.8. The Labute approximate surface area is 226 Å². The van der Waals surface area contributed by atoms with E-state index in [0.717, 1.165) is 24.2 Å². The fourth-order valence-corrected chi connectivity index (χ4v) is 9.65. The molecule has 5 rings (SSSR count). The number of allylic oxidation sites excluding steroid dienone is 4. The number of hydrogen-bond acceptors (Lipinski definition) is 2. The zero-order valence-electron chi connectivity index (χ0n) is 24.3. The van der Waals surface area contributed by atoms with Crippen LogP contribution >= 0.6 is 0 Å². The van der Waals surface area contributed by atoms with E-state index in [1.54, 1.807) is 0 Å². The second kappa shape index (κ2) is 10.4. The Bertz CT molecular complexity index is 1050. The second-order valence-corrected chi connectivity index (χ2v) is 13.9. The average molecular weight is 503 g/mol. The van der Waals surface area contributed by atoms with Gasteiger partial charge in [0.2, 0.25) is 0 Å². The fraction of sp³-hybridized carbons (Fsp3) is 0.686. The molecule has 8 unspecified atom stereocenters. The normalized spacial score (nSPS) is 37.7. The molecule has 4 aliphatic rings. The molecule has 1 aromatic rings. The van der Waals surface area contributed by atoms with E-state index in [4.69, 9.17) is 4.74 Å². The highest BCUT2D eigenvalue weighted by molar-refractivity contribution is 5.89. The van der Waals surface area contributed by atoms with Crippen molar-refractivity contribution in [3.8, 4) is 0 Å². The molecule has 4 aliphatic carbocycles. The quantitative estimate of drug-likeness (QED) is 0.286. The average Bonchev–Trinajstić information content (AvgIpc) is 3.23. The van der Waals surface area contributed by atoms with Gasteiger partial charge in [0.15, 0.2) is 0 Å². The molecule has 0 amide bonds. The van der Waals surface area contributed by atoms with Gasteiger partial charge in [-0.2, -0.15) is 0 Å². The minimum absolute atomic E-state index is 0.0410. The van der Waals surface area contributed by atoms with Gasteiger partial charge in [-0.05, 0) is 131 Å². The number of rotatable bonds is 6. The Morgan fingerprint density at radius 3 is 2.54 bits per heavy atom. The van der Waals surface area contributed by atoms with E-state index in [2.05, 4.69) is 47.6 Å². The first-order chi connectivity index (χ1) is 17.6. The fourth-order valence-electron chi connectivity index (χ4n) is 9.65. The summed E-state index contributed by atoms with van der Waals surface area (Å²) in [6.45, 7) is 14.6. The smallest absolute Gasteiger partial charge is 0.338 e. The van der Waals surface area contributed by atoms with Crippen LogP contribution in [0.5, 0.6) is 0 Å². The summed E-state index contributed by atoms with van der Waals surface area (Å²) in [5, 5.41) is 0. The number of ether oxygens (including phenoxy) is 1. The molecular formula is C35H50O2. The van der Waals surface area contributed by atoms with E-state index in [1.807, 2.05) is 41.5 Å². The molecule has 0 heterocycles. The minimum atomic E-state index is -0.152. The summed E-state index contributed by atoms with van der Waals surface area (Å²) in [4.78, 5) is 12.8. The summed E-state index contributed by atoms with van der Waals surface area (Å²) >= 11 is 0. The van der Waals surface area contributed by atoms with Crippen molar-refractivity contribution < 1.29 is 9.53 Å². The number of hydrogen-bond donors (Lipinski definition) is 0. The third kappa shape index (κ3) is 4.76. The van der Waals surface area contributed by atoms with Gasteiger partial charge in [0, 0.05) is 0 Å². The standard InChI is InChI=1S/C35H50O2/c1-23(2)11-10-12-24(3)28-17-18-30-27-15-16-29-25(4)32(37-33(36)26-13-8-7-9-14-26)20-22-35(29,6)31(27)19-21-34(28,30)5/h7-9,11,13-14,24-25,28-30,32H,10,12,15-22H2,1-6H3. The van der Waals surface area contributed by atoms with Gasteiger partial charge in [-0.25, -0.2) is 4.79 Å². The topological polar surface area (TPSA) is 26.3 Å². The molecule has 2 heteroatoms. The summed E-state index contributed by atoms with van der Waals surface area (Å²) in [6.07, 6.45) is 15.2. The van der Waals surface area contributed by atoms with Crippen molar-refractivity contribution in [3.05, 3.63) is 58.7 Å². The number of esters is 1. The predicted molar refractivity (Wildman–Crippen MR) is 153 cm³/mol. The zero-order chi connectivity index (χ0) is 26.4. The third-order valence-electron chi connectivity index (χ3n) is 11.7. The molecule has 2 saturated carbocycles. The van der Waals surface area contributed by atoms with Crippen LogP contribution < -0.4 is 0 Å². The maximum atomic E-state index is 12.8. The van der Waals surface area contributed by atoms with Crippen molar-refractivity contribution >= 4 is 5.97 Å². The van der Waals surface area contributed by atoms with Gasteiger partial charge in [-0.3, -0.25) is 0 Å². The molecule has 0 spiro atoms. The largest absolute Gasteiger partial charge is 0.458 e. The highest BCUT2D eigenvalue weighted by atomic mass is 16.5. The van der Waals surface area contributed by atoms with Crippen molar-refractivity contribution in [2.24, 2.45) is 40.4 Å². The number of fused-ring (bicyclic) bond motifs is 4. The van der Waals surface area contributed by atoms with Crippen LogP contribution in [0, 0.1) is 40.4 Å². The summed E-state index contributed by atoms with van der Waals surface area (Å²) in [7, 11) is 0. The summed E-state index contributed by atoms with van der Waals surface area (Å²) < 4.78 is 6.13. The molecule has 0 N–H and O–H groups in total. The Morgan fingerprint density at radius 2 is 1.81 bits per heavy atom. The molecule has 0 radical (unpaired) electrons. The Balaban J connectivity index is 1.31. The van der Waals surface area contributed by atoms with Crippen LogP contribution in [0.3, 0.4) is 0 Å². The van der Waals surface area contributed by atoms with Gasteiger partial charge in [0.25, 0.3) is 0 Å². The van der Waals surface area contributed by atoms with Gasteiger partial charge < -0.3 is 4.74 Å². The summed E-state index contributed by atoms with van der Waals surface area (Å²) in [5.74, 6) is 3.37. The lowest BCUT2D eigenvalue weighted by Crippen LogP contribution is -2.49. The van der Waals surface area contributed by atoms with Crippen LogP contribution in [0.25, 0.3) is 0 Å². The summed E-state index contributed by atoms with van der Waals surface area (Å²) in [5.41, 5.74) is 6.62. The molecule has 202 valence electrons. The molecule has 37 heavy (non-hydrogen) atoms. The first-order valence-corrected chi connectivity index (χ1v) is 15.3. The SMILES string of the molecule is CC(C)=CCCC(C)C1CCC2C3=C(CCC21C)C1(C)CCC(OC(=O)c2ccccc2)C(C)C1CC3. The lowest BCUT2D eigenvalue weighted by molar-refractivity contribution is -0.0510. The molecule has 2 fully saturated rings. The minimum Gasteiger partial charge on any atom is -0.458 e. The van der Waals surface area contributed by atoms with Gasteiger partial charge in [-0.1, -0.05) is 68.7 Å². The Kier molecular flexibility index (Phi) is 7.51. The van der Waals surface area contributed by atoms with E-state index in [9.17, 15) is 4.79 Å². The van der Waals surface area contributed by atoms with Crippen LogP contribution in [0.2, 0.25) is 0 Å². The second-order valence-electron chi connectivity index (χ2n) is 13.9. The van der Waals surface area contributed by atoms with Gasteiger partial charge >= 0.3 is 5.97 Å². The Morgan fingerprint density at radius 1 is 1.05 bits per heavy atom. The van der Waals surface area contributed by atoms with Crippen LogP contribution in [0.1, 0.15) is 116 Å². The lowest BCUT2D eigenvalue weighted by atomic mass is 9.49. The van der Waals surface area contributed by atoms with Gasteiger partial charge in [0.05, 0.1) is 5.56 Å². The molecule has 0 saturated heterocycles. The van der Waals surface area contributed by atoms with Crippen LogP contribution in [-0.4, -0.2) is 12.1 Å². The summed E-state index contributed by atoms with van der Waals surface area (Å²) in [6, 6.07) is 9.52.